The van der Waals surface area contributed by atoms with Gasteiger partial charge in [-0.15, -0.1) is 0 Å². The van der Waals surface area contributed by atoms with Crippen LogP contribution in [0.2, 0.25) is 0 Å². The summed E-state index contributed by atoms with van der Waals surface area (Å²) in [7, 11) is 0. The Bertz CT molecular complexity index is 548. The molecule has 0 spiro atoms. The Labute approximate surface area is 153 Å². The Kier molecular flexibility index (Phi) is 8.71. The van der Waals surface area contributed by atoms with E-state index in [-0.39, 0.29) is 5.91 Å². The van der Waals surface area contributed by atoms with Crippen LogP contribution in [0.4, 0.5) is 5.69 Å². The fourth-order valence-corrected chi connectivity index (χ4v) is 3.38. The maximum atomic E-state index is 11.9. The van der Waals surface area contributed by atoms with Crippen molar-refractivity contribution in [1.29, 1.82) is 0 Å². The summed E-state index contributed by atoms with van der Waals surface area (Å²) in [6, 6.07) is 8.32. The molecule has 0 unspecified atom stereocenters. The van der Waals surface area contributed by atoms with Crippen LogP contribution in [0.1, 0.15) is 90.0 Å². The summed E-state index contributed by atoms with van der Waals surface area (Å²) < 4.78 is 0. The normalized spacial score (nSPS) is 14.2. The molecule has 0 saturated heterocycles. The zero-order valence-corrected chi connectivity index (χ0v) is 16.1. The summed E-state index contributed by atoms with van der Waals surface area (Å²) in [6.07, 6.45) is 15.3. The summed E-state index contributed by atoms with van der Waals surface area (Å²) in [5.74, 6) is 0.0694. The molecule has 25 heavy (non-hydrogen) atoms. The highest BCUT2D eigenvalue weighted by Gasteiger charge is 2.22. The van der Waals surface area contributed by atoms with Gasteiger partial charge in [0.25, 0.3) is 5.91 Å². The van der Waals surface area contributed by atoms with Gasteiger partial charge in [0.2, 0.25) is 0 Å². The van der Waals surface area contributed by atoms with Crippen LogP contribution in [0.5, 0.6) is 0 Å². The quantitative estimate of drug-likeness (QED) is 0.412. The Morgan fingerprint density at radius 2 is 1.44 bits per heavy atom. The second-order valence-electron chi connectivity index (χ2n) is 7.32. The van der Waals surface area contributed by atoms with Gasteiger partial charge in [-0.2, -0.15) is 5.10 Å². The third-order valence-corrected chi connectivity index (χ3v) is 4.91. The van der Waals surface area contributed by atoms with Crippen LogP contribution < -0.4 is 5.01 Å². The summed E-state index contributed by atoms with van der Waals surface area (Å²) in [5.41, 5.74) is 3.13. The third-order valence-electron chi connectivity index (χ3n) is 4.91. The Morgan fingerprint density at radius 3 is 1.96 bits per heavy atom. The van der Waals surface area contributed by atoms with Gasteiger partial charge in [0, 0.05) is 5.71 Å². The molecule has 0 aliphatic carbocycles. The molecule has 1 amide bonds. The average molecular weight is 343 g/mol. The van der Waals surface area contributed by atoms with E-state index < -0.39 is 0 Å². The van der Waals surface area contributed by atoms with Crippen LogP contribution in [-0.4, -0.2) is 11.6 Å². The molecule has 0 fully saturated rings. The van der Waals surface area contributed by atoms with Gasteiger partial charge in [-0.05, 0) is 37.5 Å². The van der Waals surface area contributed by atoms with Gasteiger partial charge in [-0.1, -0.05) is 76.8 Å². The molecule has 0 N–H and O–H groups in total. The molecule has 2 rings (SSSR count). The molecule has 0 atom stereocenters. The number of benzene rings is 1. The fraction of sp³-hybridized carbons (Fsp3) is 0.636. The monoisotopic (exact) mass is 342 g/mol. The molecule has 0 saturated carbocycles. The maximum Gasteiger partial charge on any atom is 0.253 e. The van der Waals surface area contributed by atoms with Gasteiger partial charge in [0.1, 0.15) is 0 Å². The van der Waals surface area contributed by atoms with E-state index in [1.807, 2.05) is 19.1 Å². The van der Waals surface area contributed by atoms with Crippen molar-refractivity contribution < 1.29 is 4.79 Å². The summed E-state index contributed by atoms with van der Waals surface area (Å²) in [4.78, 5) is 11.9. The van der Waals surface area contributed by atoms with Crippen LogP contribution >= 0.6 is 0 Å². The molecule has 1 aromatic rings. The Balaban J connectivity index is 1.57. The van der Waals surface area contributed by atoms with Crippen LogP contribution in [-0.2, 0) is 11.2 Å². The van der Waals surface area contributed by atoms with E-state index in [1.54, 1.807) is 0 Å². The van der Waals surface area contributed by atoms with E-state index in [4.69, 9.17) is 0 Å². The van der Waals surface area contributed by atoms with Crippen molar-refractivity contribution >= 4 is 17.3 Å². The van der Waals surface area contributed by atoms with Gasteiger partial charge < -0.3 is 0 Å². The predicted octanol–water partition coefficient (Wildman–Crippen LogP) is 6.26. The molecule has 0 aromatic heterocycles. The van der Waals surface area contributed by atoms with Crippen LogP contribution in [0.3, 0.4) is 0 Å². The van der Waals surface area contributed by atoms with E-state index in [0.29, 0.717) is 6.42 Å². The standard InChI is InChI=1S/C22H34N2O/c1-3-4-5-6-7-8-9-10-11-12-13-20-14-16-21(17-15-20)24-22(25)18-19(2)23-24/h14-17H,3-13,18H2,1-2H3. The van der Waals surface area contributed by atoms with Gasteiger partial charge in [-0.3, -0.25) is 4.79 Å². The van der Waals surface area contributed by atoms with Gasteiger partial charge >= 0.3 is 0 Å². The van der Waals surface area contributed by atoms with Gasteiger partial charge in [-0.25, -0.2) is 5.01 Å². The SMILES string of the molecule is CCCCCCCCCCCCc1ccc(N2N=C(C)CC2=O)cc1. The lowest BCUT2D eigenvalue weighted by molar-refractivity contribution is -0.116. The topological polar surface area (TPSA) is 32.7 Å². The molecule has 138 valence electrons. The number of carbonyl (C=O) groups excluding carboxylic acids is 1. The lowest BCUT2D eigenvalue weighted by Crippen LogP contribution is -2.19. The van der Waals surface area contributed by atoms with E-state index >= 15 is 0 Å². The molecular formula is C22H34N2O. The summed E-state index contributed by atoms with van der Waals surface area (Å²) in [5, 5.41) is 5.82. The molecule has 1 heterocycles. The second kappa shape index (κ2) is 11.1. The summed E-state index contributed by atoms with van der Waals surface area (Å²) >= 11 is 0. The molecule has 1 aromatic carbocycles. The van der Waals surface area contributed by atoms with E-state index in [2.05, 4.69) is 24.2 Å². The number of rotatable bonds is 12. The second-order valence-corrected chi connectivity index (χ2v) is 7.32. The van der Waals surface area contributed by atoms with Crippen molar-refractivity contribution in [1.82, 2.24) is 0 Å². The highest BCUT2D eigenvalue weighted by molar-refractivity contribution is 6.12. The van der Waals surface area contributed by atoms with E-state index in [9.17, 15) is 4.79 Å². The zero-order chi connectivity index (χ0) is 17.9. The number of amides is 1. The lowest BCUT2D eigenvalue weighted by atomic mass is 10.0. The number of hydrazone groups is 1. The molecule has 0 radical (unpaired) electrons. The third kappa shape index (κ3) is 7.01. The number of nitrogens with zero attached hydrogens (tertiary/aromatic N) is 2. The number of unbranched alkanes of at least 4 members (excludes halogenated alkanes) is 9. The van der Waals surface area contributed by atoms with Crippen LogP contribution in [0.15, 0.2) is 29.4 Å². The first kappa shape index (κ1) is 19.7. The Morgan fingerprint density at radius 1 is 0.880 bits per heavy atom. The largest absolute Gasteiger partial charge is 0.272 e. The van der Waals surface area contributed by atoms with Gasteiger partial charge in [0.05, 0.1) is 12.1 Å². The van der Waals surface area contributed by atoms with Crippen LogP contribution in [0, 0.1) is 0 Å². The molecule has 0 bridgehead atoms. The lowest BCUT2D eigenvalue weighted by Gasteiger charge is -2.12. The number of hydrogen-bond acceptors (Lipinski definition) is 2. The fourth-order valence-electron chi connectivity index (χ4n) is 3.38. The number of hydrogen-bond donors (Lipinski definition) is 0. The maximum absolute atomic E-state index is 11.9. The minimum absolute atomic E-state index is 0.0694. The zero-order valence-electron chi connectivity index (χ0n) is 16.1. The Hall–Kier alpha value is -1.64. The molecule has 1 aliphatic heterocycles. The van der Waals surface area contributed by atoms with Crippen molar-refractivity contribution in [2.24, 2.45) is 5.10 Å². The average Bonchev–Trinajstić information content (AvgIpc) is 2.95. The highest BCUT2D eigenvalue weighted by Crippen LogP contribution is 2.21. The number of anilines is 1. The van der Waals surface area contributed by atoms with E-state index in [1.165, 1.54) is 74.8 Å². The highest BCUT2D eigenvalue weighted by atomic mass is 16.2. The smallest absolute Gasteiger partial charge is 0.253 e. The number of carbonyl (C=O) groups is 1. The van der Waals surface area contributed by atoms with Crippen molar-refractivity contribution in [3.8, 4) is 0 Å². The minimum atomic E-state index is 0.0694. The van der Waals surface area contributed by atoms with Crippen molar-refractivity contribution in [2.75, 3.05) is 5.01 Å². The molecule has 3 nitrogen and oxygen atoms in total. The first-order valence-corrected chi connectivity index (χ1v) is 10.2. The first-order chi connectivity index (χ1) is 12.2. The summed E-state index contributed by atoms with van der Waals surface area (Å²) in [6.45, 7) is 4.17. The van der Waals surface area contributed by atoms with Gasteiger partial charge in [0.15, 0.2) is 0 Å². The minimum Gasteiger partial charge on any atom is -0.272 e. The molecule has 1 aliphatic rings. The molecule has 3 heteroatoms. The van der Waals surface area contributed by atoms with Crippen molar-refractivity contribution in [3.05, 3.63) is 29.8 Å². The predicted molar refractivity (Wildman–Crippen MR) is 107 cm³/mol. The van der Waals surface area contributed by atoms with Crippen molar-refractivity contribution in [2.45, 2.75) is 90.9 Å². The number of aryl methyl sites for hydroxylation is 1. The van der Waals surface area contributed by atoms with Crippen molar-refractivity contribution in [3.63, 3.8) is 0 Å². The molecular weight excluding hydrogens is 308 g/mol. The van der Waals surface area contributed by atoms with Crippen LogP contribution in [0.25, 0.3) is 0 Å². The first-order valence-electron chi connectivity index (χ1n) is 10.2. The van der Waals surface area contributed by atoms with E-state index in [0.717, 1.165) is 17.8 Å².